The van der Waals surface area contributed by atoms with Gasteiger partial charge in [0.15, 0.2) is 0 Å². The van der Waals surface area contributed by atoms with Crippen LogP contribution in [0.4, 0.5) is 30.7 Å². The quantitative estimate of drug-likeness (QED) is 0.199. The van der Waals surface area contributed by atoms with Gasteiger partial charge in [-0.15, -0.1) is 0 Å². The Morgan fingerprint density at radius 1 is 0.918 bits per heavy atom. The topological polar surface area (TPSA) is 109 Å². The molecule has 8 nitrogen and oxygen atoms in total. The van der Waals surface area contributed by atoms with Crippen molar-refractivity contribution in [2.45, 2.75) is 50.2 Å². The number of nitrogens with one attached hydrogen (secondary N) is 1. The van der Waals surface area contributed by atoms with Gasteiger partial charge in [0.2, 0.25) is 5.88 Å². The van der Waals surface area contributed by atoms with E-state index in [1.54, 1.807) is 19.1 Å². The van der Waals surface area contributed by atoms with Crippen molar-refractivity contribution >= 4 is 16.2 Å². The number of aromatic carboxylic acids is 1. The predicted octanol–water partition coefficient (Wildman–Crippen LogP) is 7.70. The second kappa shape index (κ2) is 12.1. The number of carboxylic acid groups (broad SMARTS) is 1. The molecule has 2 aliphatic heterocycles. The molecule has 0 aliphatic carbocycles. The molecule has 3 heterocycles. The third-order valence-corrected chi connectivity index (χ3v) is 10.4. The van der Waals surface area contributed by atoms with Crippen molar-refractivity contribution < 1.29 is 53.8 Å². The summed E-state index contributed by atoms with van der Waals surface area (Å²) in [6.07, 6.45) is -8.28. The fourth-order valence-electron chi connectivity index (χ4n) is 6.65. The van der Waals surface area contributed by atoms with Crippen LogP contribution in [-0.4, -0.2) is 41.9 Å². The lowest BCUT2D eigenvalue weighted by Crippen LogP contribution is -2.33. The number of methoxy groups -OCH3 is 1. The Morgan fingerprint density at radius 3 is 2.24 bits per heavy atom. The van der Waals surface area contributed by atoms with Crippen LogP contribution in [0.1, 0.15) is 63.1 Å². The van der Waals surface area contributed by atoms with Gasteiger partial charge in [-0.25, -0.2) is 14.2 Å². The van der Waals surface area contributed by atoms with Crippen LogP contribution in [0.2, 0.25) is 0 Å². The number of aromatic nitrogens is 1. The maximum atomic E-state index is 14.4. The Hall–Kier alpha value is -4.54. The van der Waals surface area contributed by atoms with Gasteiger partial charge in [-0.05, 0) is 96.1 Å². The molecule has 3 atom stereocenters. The number of alkyl halides is 6. The van der Waals surface area contributed by atoms with E-state index in [1.807, 2.05) is 0 Å². The smallest absolute Gasteiger partial charge is 0.416 e. The van der Waals surface area contributed by atoms with Gasteiger partial charge in [0.25, 0.3) is 10.2 Å². The molecule has 1 aromatic heterocycles. The molecule has 6 rings (SSSR count). The molecule has 3 aromatic carbocycles. The predicted molar refractivity (Wildman–Crippen MR) is 162 cm³/mol. The molecule has 0 radical (unpaired) electrons. The van der Waals surface area contributed by atoms with Crippen molar-refractivity contribution in [3.8, 4) is 28.1 Å². The average molecular weight is 710 g/mol. The summed E-state index contributed by atoms with van der Waals surface area (Å²) in [6, 6.07) is 6.93. The molecule has 49 heavy (non-hydrogen) atoms. The molecule has 0 bridgehead atoms. The summed E-state index contributed by atoms with van der Waals surface area (Å²) < 4.78 is 133. The van der Waals surface area contributed by atoms with Crippen LogP contribution in [0.25, 0.3) is 22.3 Å². The number of nitrogens with zero attached hydrogens (tertiary/aromatic N) is 2. The highest BCUT2D eigenvalue weighted by molar-refractivity contribution is 7.87. The number of carboxylic acids is 1. The fourth-order valence-corrected chi connectivity index (χ4v) is 8.52. The van der Waals surface area contributed by atoms with E-state index in [1.165, 1.54) is 31.5 Å². The zero-order valence-electron chi connectivity index (χ0n) is 25.5. The van der Waals surface area contributed by atoms with Crippen molar-refractivity contribution in [2.24, 2.45) is 0 Å². The molecule has 2 aliphatic rings. The summed E-state index contributed by atoms with van der Waals surface area (Å²) >= 11 is 0. The van der Waals surface area contributed by atoms with Gasteiger partial charge in [-0.3, -0.25) is 0 Å². The Bertz CT molecular complexity index is 2090. The van der Waals surface area contributed by atoms with Crippen molar-refractivity contribution in [2.75, 3.05) is 7.11 Å². The minimum atomic E-state index is -4.92. The molecule has 0 saturated carbocycles. The van der Waals surface area contributed by atoms with Gasteiger partial charge < -0.3 is 9.84 Å². The largest absolute Gasteiger partial charge is 0.481 e. The molecular formula is C33H26F7N3O5S. The first kappa shape index (κ1) is 34.3. The number of ether oxygens (including phenoxy) is 1. The number of pyridine rings is 1. The van der Waals surface area contributed by atoms with Crippen LogP contribution in [-0.2, 0) is 22.6 Å². The Labute approximate surface area is 275 Å². The summed E-state index contributed by atoms with van der Waals surface area (Å²) in [4.78, 5) is 15.8. The first-order valence-electron chi connectivity index (χ1n) is 14.7. The first-order valence-corrected chi connectivity index (χ1v) is 16.1. The standard InChI is InChI=1S/C33H26F7N3O5S/c1-16-9-17(31(44)45)3-5-23(16)19-12-26(30(48-2)41-15-19)24-6-4-20(32(35,36)37)14-25(24)27-7-8-28-29(42-49(46,47)43(27)28)18-10-21(33(38,39)40)13-22(34)11-18/h3-6,9-15,27-29,42H,7-8H2,1-2H3,(H,44,45)/t27-,28-,29+/m0/s1. The van der Waals surface area contributed by atoms with Crippen LogP contribution in [0.3, 0.4) is 0 Å². The highest BCUT2D eigenvalue weighted by Gasteiger charge is 2.53. The zero-order valence-corrected chi connectivity index (χ0v) is 26.3. The third-order valence-electron chi connectivity index (χ3n) is 8.77. The van der Waals surface area contributed by atoms with Crippen LogP contribution >= 0.6 is 0 Å². The van der Waals surface area contributed by atoms with E-state index in [0.717, 1.165) is 22.5 Å². The Morgan fingerprint density at radius 2 is 1.61 bits per heavy atom. The van der Waals surface area contributed by atoms with E-state index in [9.17, 15) is 49.1 Å². The van der Waals surface area contributed by atoms with E-state index in [0.29, 0.717) is 22.8 Å². The summed E-state index contributed by atoms with van der Waals surface area (Å²) in [5, 5.41) is 9.36. The number of hydrogen-bond acceptors (Lipinski definition) is 5. The van der Waals surface area contributed by atoms with Crippen LogP contribution in [0.15, 0.2) is 66.9 Å². The van der Waals surface area contributed by atoms with E-state index < -0.39 is 63.6 Å². The van der Waals surface area contributed by atoms with Gasteiger partial charge >= 0.3 is 18.3 Å². The maximum absolute atomic E-state index is 14.4. The number of benzene rings is 3. The second-order valence-corrected chi connectivity index (χ2v) is 13.4. The first-order chi connectivity index (χ1) is 22.9. The lowest BCUT2D eigenvalue weighted by Gasteiger charge is -2.26. The van der Waals surface area contributed by atoms with E-state index >= 15 is 0 Å². The fraction of sp³-hybridized carbons (Fsp3) is 0.273. The van der Waals surface area contributed by atoms with Crippen molar-refractivity contribution in [3.05, 3.63) is 106 Å². The number of aryl methyl sites for hydroxylation is 1. The van der Waals surface area contributed by atoms with Gasteiger partial charge in [0.05, 0.1) is 35.9 Å². The molecule has 2 N–H and O–H groups in total. The van der Waals surface area contributed by atoms with Crippen LogP contribution in [0.5, 0.6) is 5.88 Å². The van der Waals surface area contributed by atoms with Crippen LogP contribution < -0.4 is 9.46 Å². The second-order valence-electron chi connectivity index (χ2n) is 11.8. The number of carbonyl (C=O) groups is 1. The summed E-state index contributed by atoms with van der Waals surface area (Å²) in [6.45, 7) is 1.67. The Kier molecular flexibility index (Phi) is 8.48. The molecular weight excluding hydrogens is 683 g/mol. The van der Waals surface area contributed by atoms with E-state index in [4.69, 9.17) is 4.74 Å². The molecule has 4 aromatic rings. The summed E-state index contributed by atoms with van der Waals surface area (Å²) in [5.74, 6) is -2.37. The highest BCUT2D eigenvalue weighted by atomic mass is 32.2. The minimum Gasteiger partial charge on any atom is -0.481 e. The third kappa shape index (κ3) is 6.35. The number of hydrogen-bond donors (Lipinski definition) is 2. The van der Waals surface area contributed by atoms with Gasteiger partial charge in [0.1, 0.15) is 5.82 Å². The molecule has 16 heteroatoms. The minimum absolute atomic E-state index is 0.00108. The molecule has 2 fully saturated rings. The van der Waals surface area contributed by atoms with Gasteiger partial charge in [-0.1, -0.05) is 12.1 Å². The number of rotatable bonds is 6. The molecule has 0 amide bonds. The molecule has 0 unspecified atom stereocenters. The Balaban J connectivity index is 1.49. The monoisotopic (exact) mass is 709 g/mol. The van der Waals surface area contributed by atoms with E-state index in [2.05, 4.69) is 9.71 Å². The summed E-state index contributed by atoms with van der Waals surface area (Å²) in [5.41, 5.74) is -0.749. The highest BCUT2D eigenvalue weighted by Crippen LogP contribution is 2.51. The zero-order chi connectivity index (χ0) is 35.6. The number of fused-ring (bicyclic) bond motifs is 1. The van der Waals surface area contributed by atoms with Gasteiger partial charge in [-0.2, -0.15) is 43.8 Å². The lowest BCUT2D eigenvalue weighted by atomic mass is 9.90. The summed E-state index contributed by atoms with van der Waals surface area (Å²) in [7, 11) is -3.21. The van der Waals surface area contributed by atoms with Gasteiger partial charge in [0, 0.05) is 23.4 Å². The average Bonchev–Trinajstić information content (AvgIpc) is 3.58. The van der Waals surface area contributed by atoms with Crippen LogP contribution in [0, 0.1) is 12.7 Å². The SMILES string of the molecule is COc1ncc(-c2ccc(C(=O)O)cc2C)cc1-c1ccc(C(F)(F)F)cc1[C@@H]1CC[C@H]2[C@@H](c3cc(F)cc(C(F)(F)F)c3)NS(=O)(=O)N12. The van der Waals surface area contributed by atoms with Crippen molar-refractivity contribution in [1.29, 1.82) is 0 Å². The molecule has 2 saturated heterocycles. The maximum Gasteiger partial charge on any atom is 0.416 e. The molecule has 0 spiro atoms. The lowest BCUT2D eigenvalue weighted by molar-refractivity contribution is -0.138. The van der Waals surface area contributed by atoms with Crippen molar-refractivity contribution in [3.63, 3.8) is 0 Å². The molecule has 258 valence electrons. The van der Waals surface area contributed by atoms with E-state index in [-0.39, 0.29) is 52.6 Å². The van der Waals surface area contributed by atoms with Crippen molar-refractivity contribution in [1.82, 2.24) is 14.0 Å². The number of halogens is 7. The normalized spacial score (nSPS) is 20.7.